The Morgan fingerprint density at radius 1 is 0.971 bits per heavy atom. The molecule has 8 heteroatoms. The molecule has 0 unspecified atom stereocenters. The van der Waals surface area contributed by atoms with Crippen LogP contribution in [0.15, 0.2) is 24.0 Å². The molecular weight excluding hydrogens is 445 g/mol. The minimum Gasteiger partial charge on any atom is -0.504 e. The summed E-state index contributed by atoms with van der Waals surface area (Å²) in [4.78, 5) is 17.0. The summed E-state index contributed by atoms with van der Waals surface area (Å²) >= 11 is 0. The summed E-state index contributed by atoms with van der Waals surface area (Å²) in [7, 11) is 1.63. The molecule has 2 aliphatic heterocycles. The molecule has 0 bridgehead atoms. The van der Waals surface area contributed by atoms with Crippen LogP contribution < -0.4 is 4.74 Å². The number of carbonyl (C=O) groups is 1. The summed E-state index contributed by atoms with van der Waals surface area (Å²) in [5, 5.41) is 0. The van der Waals surface area contributed by atoms with Gasteiger partial charge in [0.1, 0.15) is 11.9 Å². The molecule has 0 spiro atoms. The van der Waals surface area contributed by atoms with E-state index in [4.69, 9.17) is 9.47 Å². The normalized spacial score (nSPS) is 17.8. The van der Waals surface area contributed by atoms with Gasteiger partial charge in [0.05, 0.1) is 13.4 Å². The Kier molecular flexibility index (Phi) is 13.7. The Hall–Kier alpha value is -2.22. The Labute approximate surface area is 202 Å². The molecule has 0 aromatic heterocycles. The molecule has 2 heterocycles. The molecule has 5 nitrogen and oxygen atoms in total. The predicted molar refractivity (Wildman–Crippen MR) is 129 cm³/mol. The van der Waals surface area contributed by atoms with Crippen molar-refractivity contribution in [1.82, 2.24) is 9.80 Å². The van der Waals surface area contributed by atoms with Crippen LogP contribution in [-0.4, -0.2) is 61.6 Å². The van der Waals surface area contributed by atoms with Gasteiger partial charge in [0.25, 0.3) is 0 Å². The van der Waals surface area contributed by atoms with Crippen molar-refractivity contribution in [2.75, 3.05) is 39.8 Å². The highest BCUT2D eigenvalue weighted by molar-refractivity contribution is 5.79. The highest BCUT2D eigenvalue weighted by atomic mass is 19.1. The zero-order chi connectivity index (χ0) is 25.7. The molecule has 0 atom stereocenters. The maximum atomic E-state index is 13.8. The predicted octanol–water partition coefficient (Wildman–Crippen LogP) is 5.79. The number of rotatable bonds is 6. The molecule has 2 fully saturated rings. The summed E-state index contributed by atoms with van der Waals surface area (Å²) in [5.41, 5.74) is 1.15. The Morgan fingerprint density at radius 2 is 1.50 bits per heavy atom. The fourth-order valence-corrected chi connectivity index (χ4v) is 4.19. The molecular formula is C26H41F3N2O3. The first-order chi connectivity index (χ1) is 16.4. The van der Waals surface area contributed by atoms with Crippen molar-refractivity contribution in [2.24, 2.45) is 5.92 Å². The molecule has 1 amide bonds. The van der Waals surface area contributed by atoms with Crippen LogP contribution in [0, 0.1) is 23.4 Å². The number of halogens is 3. The summed E-state index contributed by atoms with van der Waals surface area (Å²) in [6.45, 7) is 13.6. The van der Waals surface area contributed by atoms with Crippen LogP contribution in [0.1, 0.15) is 60.3 Å². The van der Waals surface area contributed by atoms with Crippen LogP contribution in [0.4, 0.5) is 13.2 Å². The fourth-order valence-electron chi connectivity index (χ4n) is 4.19. The zero-order valence-electron chi connectivity index (χ0n) is 21.5. The lowest BCUT2D eigenvalue weighted by atomic mass is 9.94. The Balaban J connectivity index is 0.00000137. The van der Waals surface area contributed by atoms with Crippen LogP contribution in [0.2, 0.25) is 0 Å². The second kappa shape index (κ2) is 15.6. The van der Waals surface area contributed by atoms with Gasteiger partial charge in [0.2, 0.25) is 5.91 Å². The van der Waals surface area contributed by atoms with E-state index in [2.05, 4.69) is 4.90 Å². The first-order valence-corrected chi connectivity index (χ1v) is 12.4. The van der Waals surface area contributed by atoms with Gasteiger partial charge in [-0.25, -0.2) is 13.2 Å². The van der Waals surface area contributed by atoms with Gasteiger partial charge >= 0.3 is 0 Å². The SMILES string of the molecule is CC.CC.CO/C=C(\C)CN1CCC(C(=O)N2CCC(Oc3c(F)cc(F)cc3F)CC2)CC1. The molecule has 3 rings (SSSR count). The first kappa shape index (κ1) is 29.8. The van der Waals surface area contributed by atoms with Crippen LogP contribution in [0.25, 0.3) is 0 Å². The van der Waals surface area contributed by atoms with E-state index in [1.165, 1.54) is 0 Å². The van der Waals surface area contributed by atoms with Gasteiger partial charge in [-0.05, 0) is 38.4 Å². The largest absolute Gasteiger partial charge is 0.504 e. The molecule has 34 heavy (non-hydrogen) atoms. The van der Waals surface area contributed by atoms with Crippen molar-refractivity contribution >= 4 is 5.91 Å². The van der Waals surface area contributed by atoms with Crippen molar-refractivity contribution in [1.29, 1.82) is 0 Å². The summed E-state index contributed by atoms with van der Waals surface area (Å²) in [6, 6.07) is 1.21. The van der Waals surface area contributed by atoms with Crippen molar-refractivity contribution < 1.29 is 27.4 Å². The third kappa shape index (κ3) is 8.85. The first-order valence-electron chi connectivity index (χ1n) is 12.4. The third-order valence-corrected chi connectivity index (χ3v) is 5.73. The van der Waals surface area contributed by atoms with Crippen molar-refractivity contribution in [3.05, 3.63) is 41.4 Å². The third-order valence-electron chi connectivity index (χ3n) is 5.73. The lowest BCUT2D eigenvalue weighted by Gasteiger charge is -2.37. The van der Waals surface area contributed by atoms with Crippen molar-refractivity contribution in [2.45, 2.75) is 66.4 Å². The zero-order valence-corrected chi connectivity index (χ0v) is 21.5. The number of nitrogens with zero attached hydrogens (tertiary/aromatic N) is 2. The highest BCUT2D eigenvalue weighted by Gasteiger charge is 2.32. The van der Waals surface area contributed by atoms with E-state index >= 15 is 0 Å². The fraction of sp³-hybridized carbons (Fsp3) is 0.654. The quantitative estimate of drug-likeness (QED) is 0.478. The monoisotopic (exact) mass is 486 g/mol. The number of amides is 1. The second-order valence-electron chi connectivity index (χ2n) is 8.09. The van der Waals surface area contributed by atoms with Crippen LogP contribution in [-0.2, 0) is 9.53 Å². The van der Waals surface area contributed by atoms with E-state index in [0.717, 1.165) is 38.0 Å². The summed E-state index contributed by atoms with van der Waals surface area (Å²) in [5.74, 6) is -3.46. The van der Waals surface area contributed by atoms with Gasteiger partial charge in [0, 0.05) is 50.5 Å². The average molecular weight is 487 g/mol. The minimum atomic E-state index is -1.05. The number of carbonyl (C=O) groups excluding carboxylic acids is 1. The summed E-state index contributed by atoms with van der Waals surface area (Å²) < 4.78 is 51.1. The maximum absolute atomic E-state index is 13.8. The molecule has 2 aliphatic rings. The van der Waals surface area contributed by atoms with Gasteiger partial charge in [0.15, 0.2) is 17.4 Å². The van der Waals surface area contributed by atoms with Gasteiger partial charge in [-0.3, -0.25) is 9.69 Å². The average Bonchev–Trinajstić information content (AvgIpc) is 2.84. The lowest BCUT2D eigenvalue weighted by Crippen LogP contribution is -2.47. The van der Waals surface area contributed by atoms with E-state index in [1.807, 2.05) is 39.5 Å². The van der Waals surface area contributed by atoms with E-state index < -0.39 is 29.3 Å². The molecule has 0 radical (unpaired) electrons. The number of methoxy groups -OCH3 is 1. The molecule has 194 valence electrons. The number of piperidine rings is 2. The number of benzene rings is 1. The number of ether oxygens (including phenoxy) is 2. The van der Waals surface area contributed by atoms with Crippen LogP contribution >= 0.6 is 0 Å². The van der Waals surface area contributed by atoms with E-state index in [0.29, 0.717) is 38.1 Å². The lowest BCUT2D eigenvalue weighted by molar-refractivity contribution is -0.138. The molecule has 2 saturated heterocycles. The minimum absolute atomic E-state index is 0.0115. The second-order valence-corrected chi connectivity index (χ2v) is 8.09. The number of likely N-dealkylation sites (tertiary alicyclic amines) is 2. The van der Waals surface area contributed by atoms with E-state index in [1.54, 1.807) is 13.4 Å². The van der Waals surface area contributed by atoms with Gasteiger partial charge in [-0.15, -0.1) is 0 Å². The highest BCUT2D eigenvalue weighted by Crippen LogP contribution is 2.28. The van der Waals surface area contributed by atoms with Gasteiger partial charge in [-0.2, -0.15) is 0 Å². The molecule has 0 N–H and O–H groups in total. The van der Waals surface area contributed by atoms with Crippen LogP contribution in [0.3, 0.4) is 0 Å². The Bertz CT molecular complexity index is 750. The van der Waals surface area contributed by atoms with Crippen LogP contribution in [0.5, 0.6) is 5.75 Å². The van der Waals surface area contributed by atoms with Crippen molar-refractivity contribution in [3.63, 3.8) is 0 Å². The molecule has 0 saturated carbocycles. The van der Waals surface area contributed by atoms with E-state index in [9.17, 15) is 18.0 Å². The van der Waals surface area contributed by atoms with Gasteiger partial charge in [-0.1, -0.05) is 27.7 Å². The van der Waals surface area contributed by atoms with Crippen molar-refractivity contribution in [3.8, 4) is 5.75 Å². The maximum Gasteiger partial charge on any atom is 0.225 e. The number of hydrogen-bond donors (Lipinski definition) is 0. The summed E-state index contributed by atoms with van der Waals surface area (Å²) in [6.07, 6.45) is 3.96. The number of hydrogen-bond acceptors (Lipinski definition) is 4. The molecule has 0 aliphatic carbocycles. The van der Waals surface area contributed by atoms with Gasteiger partial charge < -0.3 is 14.4 Å². The molecule has 1 aromatic carbocycles. The topological polar surface area (TPSA) is 42.0 Å². The molecule has 1 aromatic rings. The standard InChI is InChI=1S/C22H29F3N2O3.2C2H6/c1-15(14-29-2)13-26-7-3-16(4-8-26)22(28)27-9-5-18(6-10-27)30-21-19(24)11-17(23)12-20(21)25;2*1-2/h11-12,14,16,18H,3-10,13H2,1-2H3;2*1-2H3/b15-14+;;. The Morgan fingerprint density at radius 3 is 2.00 bits per heavy atom. The smallest absolute Gasteiger partial charge is 0.225 e. The van der Waals surface area contributed by atoms with E-state index in [-0.39, 0.29) is 11.8 Å².